The van der Waals surface area contributed by atoms with Gasteiger partial charge in [0.25, 0.3) is 0 Å². The van der Waals surface area contributed by atoms with Crippen LogP contribution in [0.4, 0.5) is 14.5 Å². The van der Waals surface area contributed by atoms with Crippen molar-refractivity contribution in [1.82, 2.24) is 4.31 Å². The summed E-state index contributed by atoms with van der Waals surface area (Å²) in [7, 11) is -4.23. The van der Waals surface area contributed by atoms with Crippen LogP contribution in [0.15, 0.2) is 29.7 Å². The molecule has 0 aliphatic rings. The lowest BCUT2D eigenvalue weighted by Crippen LogP contribution is -2.45. The van der Waals surface area contributed by atoms with Crippen molar-refractivity contribution in [1.29, 1.82) is 0 Å². The van der Waals surface area contributed by atoms with Crippen LogP contribution >= 0.6 is 0 Å². The minimum absolute atomic E-state index is 0.0261. The fraction of sp³-hybridized carbons (Fsp3) is 0.385. The number of hydrogen-bond donors (Lipinski definition) is 1. The number of benzene rings is 1. The monoisotopic (exact) mass is 304 g/mol. The highest BCUT2D eigenvalue weighted by molar-refractivity contribution is 7.89. The third-order valence-electron chi connectivity index (χ3n) is 2.63. The smallest absolute Gasteiger partial charge is 0.246 e. The molecule has 4 nitrogen and oxygen atoms in total. The van der Waals surface area contributed by atoms with Gasteiger partial charge in [0.2, 0.25) is 10.0 Å². The molecule has 0 aliphatic heterocycles. The van der Waals surface area contributed by atoms with Gasteiger partial charge in [-0.25, -0.2) is 17.2 Å². The highest BCUT2D eigenvalue weighted by Gasteiger charge is 2.35. The molecule has 1 aromatic carbocycles. The standard InChI is InChI=1S/C13H18F2N2O2S/c1-5-6-17(13(2,3)4)20(18,19)11-8-9(16)7-10(14)12(11)15/h5,7-8H,1,6,16H2,2-4H3. The van der Waals surface area contributed by atoms with Crippen molar-refractivity contribution in [3.63, 3.8) is 0 Å². The quantitative estimate of drug-likeness (QED) is 0.687. The SMILES string of the molecule is C=CCN(C(C)(C)C)S(=O)(=O)c1cc(N)cc(F)c1F. The van der Waals surface area contributed by atoms with Crippen molar-refractivity contribution in [3.05, 3.63) is 36.4 Å². The maximum atomic E-state index is 13.8. The van der Waals surface area contributed by atoms with E-state index in [-0.39, 0.29) is 12.2 Å². The Labute approximate surface area is 117 Å². The van der Waals surface area contributed by atoms with Crippen LogP contribution in [0.5, 0.6) is 0 Å². The van der Waals surface area contributed by atoms with E-state index in [0.29, 0.717) is 0 Å². The summed E-state index contributed by atoms with van der Waals surface area (Å²) in [6, 6.07) is 1.65. The van der Waals surface area contributed by atoms with Crippen molar-refractivity contribution in [2.24, 2.45) is 0 Å². The second kappa shape index (κ2) is 5.49. The normalized spacial score (nSPS) is 12.7. The Morgan fingerprint density at radius 3 is 2.35 bits per heavy atom. The average molecular weight is 304 g/mol. The molecular weight excluding hydrogens is 286 g/mol. The van der Waals surface area contributed by atoms with E-state index in [0.717, 1.165) is 16.4 Å². The van der Waals surface area contributed by atoms with E-state index in [1.807, 2.05) is 0 Å². The Balaban J connectivity index is 3.53. The van der Waals surface area contributed by atoms with Gasteiger partial charge < -0.3 is 5.73 Å². The number of sulfonamides is 1. The summed E-state index contributed by atoms with van der Waals surface area (Å²) in [6.45, 7) is 8.40. The fourth-order valence-corrected chi connectivity index (χ4v) is 3.61. The minimum Gasteiger partial charge on any atom is -0.399 e. The largest absolute Gasteiger partial charge is 0.399 e. The van der Waals surface area contributed by atoms with Gasteiger partial charge >= 0.3 is 0 Å². The van der Waals surface area contributed by atoms with E-state index in [1.54, 1.807) is 20.8 Å². The molecule has 2 N–H and O–H groups in total. The van der Waals surface area contributed by atoms with Crippen LogP contribution in [0.25, 0.3) is 0 Å². The highest BCUT2D eigenvalue weighted by Crippen LogP contribution is 2.28. The van der Waals surface area contributed by atoms with Crippen molar-refractivity contribution in [2.75, 3.05) is 12.3 Å². The summed E-state index contributed by atoms with van der Waals surface area (Å²) < 4.78 is 53.2. The topological polar surface area (TPSA) is 63.4 Å². The number of rotatable bonds is 4. The lowest BCUT2D eigenvalue weighted by molar-refractivity contribution is 0.268. The zero-order valence-corrected chi connectivity index (χ0v) is 12.5. The van der Waals surface area contributed by atoms with E-state index in [4.69, 9.17) is 5.73 Å². The van der Waals surface area contributed by atoms with E-state index in [9.17, 15) is 17.2 Å². The molecular formula is C13H18F2N2O2S. The molecule has 112 valence electrons. The molecule has 0 aliphatic carbocycles. The molecule has 0 heterocycles. The van der Waals surface area contributed by atoms with Crippen molar-refractivity contribution < 1.29 is 17.2 Å². The summed E-state index contributed by atoms with van der Waals surface area (Å²) in [6.07, 6.45) is 1.38. The van der Waals surface area contributed by atoms with E-state index < -0.39 is 32.1 Å². The second-order valence-electron chi connectivity index (χ2n) is 5.31. The first-order valence-corrected chi connectivity index (χ1v) is 7.34. The van der Waals surface area contributed by atoms with Crippen molar-refractivity contribution in [3.8, 4) is 0 Å². The zero-order chi connectivity index (χ0) is 15.7. The van der Waals surface area contributed by atoms with E-state index in [2.05, 4.69) is 6.58 Å². The summed E-state index contributed by atoms with van der Waals surface area (Å²) in [5.74, 6) is -2.73. The van der Waals surface area contributed by atoms with Crippen LogP contribution in [0, 0.1) is 11.6 Å². The van der Waals surface area contributed by atoms with Gasteiger partial charge in [0.1, 0.15) is 4.90 Å². The molecule has 0 fully saturated rings. The number of nitrogens with two attached hydrogens (primary N) is 1. The van der Waals surface area contributed by atoms with Gasteiger partial charge in [-0.05, 0) is 32.9 Å². The van der Waals surface area contributed by atoms with Crippen molar-refractivity contribution >= 4 is 15.7 Å². The molecule has 0 saturated heterocycles. The average Bonchev–Trinajstić information content (AvgIpc) is 2.28. The second-order valence-corrected chi connectivity index (χ2v) is 7.14. The number of nitrogen functional groups attached to an aromatic ring is 1. The molecule has 0 radical (unpaired) electrons. The molecule has 20 heavy (non-hydrogen) atoms. The Kier molecular flexibility index (Phi) is 4.55. The molecule has 0 amide bonds. The van der Waals surface area contributed by atoms with Crippen LogP contribution < -0.4 is 5.73 Å². The number of hydrogen-bond acceptors (Lipinski definition) is 3. The van der Waals surface area contributed by atoms with Crippen molar-refractivity contribution in [2.45, 2.75) is 31.2 Å². The first-order chi connectivity index (χ1) is 9.01. The third-order valence-corrected chi connectivity index (χ3v) is 4.76. The number of halogens is 2. The first kappa shape index (κ1) is 16.6. The van der Waals surface area contributed by atoms with Crippen LogP contribution in [0.3, 0.4) is 0 Å². The van der Waals surface area contributed by atoms with Gasteiger partial charge in [0.15, 0.2) is 11.6 Å². The van der Waals surface area contributed by atoms with Crippen LogP contribution in [0.2, 0.25) is 0 Å². The van der Waals surface area contributed by atoms with Gasteiger partial charge in [-0.3, -0.25) is 0 Å². The fourth-order valence-electron chi connectivity index (χ4n) is 1.74. The minimum atomic E-state index is -4.23. The lowest BCUT2D eigenvalue weighted by atomic mass is 10.1. The van der Waals surface area contributed by atoms with Gasteiger partial charge in [-0.15, -0.1) is 6.58 Å². The predicted molar refractivity (Wildman–Crippen MR) is 74.6 cm³/mol. The summed E-state index contributed by atoms with van der Waals surface area (Å²) in [5.41, 5.74) is 4.42. The molecule has 1 aromatic rings. The van der Waals surface area contributed by atoms with E-state index in [1.165, 1.54) is 6.08 Å². The van der Waals surface area contributed by atoms with E-state index >= 15 is 0 Å². The highest BCUT2D eigenvalue weighted by atomic mass is 32.2. The number of nitrogens with zero attached hydrogens (tertiary/aromatic N) is 1. The summed E-state index contributed by atoms with van der Waals surface area (Å²) in [4.78, 5) is -0.772. The van der Waals surface area contributed by atoms with Crippen LogP contribution in [-0.4, -0.2) is 24.8 Å². The Morgan fingerprint density at radius 2 is 1.90 bits per heavy atom. The predicted octanol–water partition coefficient (Wildman–Crippen LogP) is 2.52. The summed E-state index contributed by atoms with van der Waals surface area (Å²) in [5, 5.41) is 0. The zero-order valence-electron chi connectivity index (χ0n) is 11.7. The molecule has 0 spiro atoms. The maximum Gasteiger partial charge on any atom is 0.246 e. The van der Waals surface area contributed by atoms with Gasteiger partial charge in [-0.2, -0.15) is 4.31 Å². The molecule has 0 aromatic heterocycles. The van der Waals surface area contributed by atoms with Gasteiger partial charge in [-0.1, -0.05) is 6.08 Å². The maximum absolute atomic E-state index is 13.8. The lowest BCUT2D eigenvalue weighted by Gasteiger charge is -2.33. The molecule has 0 bridgehead atoms. The number of anilines is 1. The Bertz CT molecular complexity index is 622. The summed E-state index contributed by atoms with van der Waals surface area (Å²) >= 11 is 0. The molecule has 1 rings (SSSR count). The molecule has 0 saturated carbocycles. The molecule has 7 heteroatoms. The Hall–Kier alpha value is -1.47. The Morgan fingerprint density at radius 1 is 1.35 bits per heavy atom. The third kappa shape index (κ3) is 3.16. The molecule has 0 atom stereocenters. The van der Waals surface area contributed by atoms with Crippen LogP contribution in [0.1, 0.15) is 20.8 Å². The first-order valence-electron chi connectivity index (χ1n) is 5.90. The molecule has 0 unspecified atom stereocenters. The van der Waals surface area contributed by atoms with Gasteiger partial charge in [0, 0.05) is 17.8 Å². The van der Waals surface area contributed by atoms with Crippen LogP contribution in [-0.2, 0) is 10.0 Å². The van der Waals surface area contributed by atoms with Gasteiger partial charge in [0.05, 0.1) is 0 Å².